The van der Waals surface area contributed by atoms with Crippen molar-refractivity contribution in [1.29, 1.82) is 0 Å². The van der Waals surface area contributed by atoms with Crippen molar-refractivity contribution in [2.24, 2.45) is 5.92 Å². The molecule has 0 radical (unpaired) electrons. The highest BCUT2D eigenvalue weighted by Gasteiger charge is 2.22. The lowest BCUT2D eigenvalue weighted by molar-refractivity contribution is -0.121. The van der Waals surface area contributed by atoms with E-state index in [9.17, 15) is 9.59 Å². The summed E-state index contributed by atoms with van der Waals surface area (Å²) in [5.41, 5.74) is 2.48. The molecule has 0 unspecified atom stereocenters. The van der Waals surface area contributed by atoms with Crippen LogP contribution in [0.3, 0.4) is 0 Å². The van der Waals surface area contributed by atoms with Crippen molar-refractivity contribution >= 4 is 11.9 Å². The highest BCUT2D eigenvalue weighted by molar-refractivity contribution is 5.96. The predicted molar refractivity (Wildman–Crippen MR) is 93.2 cm³/mol. The molecule has 5 nitrogen and oxygen atoms in total. The molecule has 1 aromatic carbocycles. The van der Waals surface area contributed by atoms with Crippen molar-refractivity contribution in [3.8, 4) is 0 Å². The minimum atomic E-state index is -0.492. The van der Waals surface area contributed by atoms with Gasteiger partial charge >= 0.3 is 6.03 Å². The number of imide groups is 1. The van der Waals surface area contributed by atoms with Gasteiger partial charge in [0, 0.05) is 13.1 Å². The van der Waals surface area contributed by atoms with Crippen LogP contribution < -0.4 is 16.0 Å². The largest absolute Gasteiger partial charge is 0.341 e. The van der Waals surface area contributed by atoms with Crippen LogP contribution in [0.5, 0.6) is 0 Å². The Hall–Kier alpha value is -1.88. The van der Waals surface area contributed by atoms with Crippen LogP contribution in [-0.4, -0.2) is 25.0 Å². The number of carbonyl (C=O) groups is 2. The highest BCUT2D eigenvalue weighted by Crippen LogP contribution is 2.23. The summed E-state index contributed by atoms with van der Waals surface area (Å²) >= 11 is 0. The Morgan fingerprint density at radius 2 is 1.70 bits per heavy atom. The molecule has 1 aromatic rings. The van der Waals surface area contributed by atoms with Crippen molar-refractivity contribution in [3.63, 3.8) is 0 Å². The summed E-state index contributed by atoms with van der Waals surface area (Å²) in [6.45, 7) is 8.15. The number of hydrogen-bond acceptors (Lipinski definition) is 3. The molecule has 23 heavy (non-hydrogen) atoms. The van der Waals surface area contributed by atoms with Crippen molar-refractivity contribution in [1.82, 2.24) is 16.0 Å². The Morgan fingerprint density at radius 3 is 2.17 bits per heavy atom. The first-order valence-electron chi connectivity index (χ1n) is 8.26. The number of carbonyl (C=O) groups excluding carboxylic acids is 2. The van der Waals surface area contributed by atoms with Crippen LogP contribution in [-0.2, 0) is 11.2 Å². The van der Waals surface area contributed by atoms with Crippen LogP contribution in [0.2, 0.25) is 0 Å². The number of rotatable bonds is 7. The van der Waals surface area contributed by atoms with Crippen molar-refractivity contribution in [3.05, 3.63) is 35.4 Å². The van der Waals surface area contributed by atoms with E-state index in [1.54, 1.807) is 6.92 Å². The third kappa shape index (κ3) is 6.02. The summed E-state index contributed by atoms with van der Waals surface area (Å²) < 4.78 is 0. The van der Waals surface area contributed by atoms with E-state index in [1.807, 2.05) is 0 Å². The van der Waals surface area contributed by atoms with E-state index < -0.39 is 12.1 Å². The number of benzene rings is 1. The molecule has 0 aliphatic heterocycles. The summed E-state index contributed by atoms with van der Waals surface area (Å²) in [7, 11) is 1.48. The molecule has 0 spiro atoms. The fraction of sp³-hybridized carbons (Fsp3) is 0.556. The van der Waals surface area contributed by atoms with Crippen LogP contribution in [0.15, 0.2) is 24.3 Å². The average molecular weight is 319 g/mol. The molecule has 128 valence electrons. The molecule has 0 aliphatic rings. The van der Waals surface area contributed by atoms with Gasteiger partial charge in [-0.25, -0.2) is 4.79 Å². The molecule has 0 heterocycles. The molecule has 3 N–H and O–H groups in total. The number of hydrogen-bond donors (Lipinski definition) is 3. The van der Waals surface area contributed by atoms with Gasteiger partial charge in [-0.3, -0.25) is 15.4 Å². The van der Waals surface area contributed by atoms with E-state index in [0.717, 1.165) is 18.4 Å². The van der Waals surface area contributed by atoms with Gasteiger partial charge in [0.05, 0.1) is 6.04 Å². The summed E-state index contributed by atoms with van der Waals surface area (Å²) in [5.74, 6) is -0.0140. The van der Waals surface area contributed by atoms with Crippen LogP contribution in [0.1, 0.15) is 51.3 Å². The van der Waals surface area contributed by atoms with Crippen LogP contribution in [0, 0.1) is 5.92 Å². The van der Waals surface area contributed by atoms with Gasteiger partial charge in [0.15, 0.2) is 0 Å². The first-order chi connectivity index (χ1) is 10.9. The van der Waals surface area contributed by atoms with E-state index in [-0.39, 0.29) is 11.9 Å². The highest BCUT2D eigenvalue weighted by atomic mass is 16.2. The molecule has 2 atom stereocenters. The van der Waals surface area contributed by atoms with Crippen molar-refractivity contribution in [2.45, 2.75) is 52.6 Å². The molecular formula is C18H29N3O2. The van der Waals surface area contributed by atoms with E-state index in [1.165, 1.54) is 12.6 Å². The Balaban J connectivity index is 2.78. The van der Waals surface area contributed by atoms with E-state index in [4.69, 9.17) is 0 Å². The second-order valence-electron chi connectivity index (χ2n) is 6.17. The monoisotopic (exact) mass is 319 g/mol. The fourth-order valence-corrected chi connectivity index (χ4v) is 2.48. The summed E-state index contributed by atoms with van der Waals surface area (Å²) in [6.07, 6.45) is 2.20. The molecular weight excluding hydrogens is 290 g/mol. The second-order valence-corrected chi connectivity index (χ2v) is 6.17. The SMILES string of the molecule is CCCc1ccc([C@H](N[C@H](C)C(=O)NC(=O)NC)C(C)C)cc1. The Labute approximate surface area is 139 Å². The van der Waals surface area contributed by atoms with Gasteiger partial charge in [-0.15, -0.1) is 0 Å². The molecule has 0 aliphatic carbocycles. The maximum absolute atomic E-state index is 12.0. The maximum atomic E-state index is 12.0. The third-order valence-electron chi connectivity index (χ3n) is 3.83. The molecule has 0 saturated heterocycles. The smallest absolute Gasteiger partial charge is 0.321 e. The van der Waals surface area contributed by atoms with Crippen molar-refractivity contribution < 1.29 is 9.59 Å². The zero-order valence-corrected chi connectivity index (χ0v) is 14.8. The summed E-state index contributed by atoms with van der Waals surface area (Å²) in [6, 6.07) is 7.62. The summed E-state index contributed by atoms with van der Waals surface area (Å²) in [5, 5.41) is 8.00. The van der Waals surface area contributed by atoms with Gasteiger partial charge in [-0.2, -0.15) is 0 Å². The molecule has 1 rings (SSSR count). The predicted octanol–water partition coefficient (Wildman–Crippen LogP) is 2.77. The van der Waals surface area contributed by atoms with Gasteiger partial charge in [0.2, 0.25) is 5.91 Å². The first kappa shape index (κ1) is 19.2. The maximum Gasteiger partial charge on any atom is 0.321 e. The number of aryl methyl sites for hydroxylation is 1. The van der Waals surface area contributed by atoms with Gasteiger partial charge in [0.25, 0.3) is 0 Å². The quantitative estimate of drug-likeness (QED) is 0.724. The molecule has 0 aromatic heterocycles. The number of amides is 3. The lowest BCUT2D eigenvalue weighted by Gasteiger charge is -2.26. The van der Waals surface area contributed by atoms with Gasteiger partial charge in [-0.1, -0.05) is 51.5 Å². The molecule has 0 fully saturated rings. The van der Waals surface area contributed by atoms with E-state index in [2.05, 4.69) is 61.0 Å². The van der Waals surface area contributed by atoms with Crippen LogP contribution >= 0.6 is 0 Å². The molecule has 5 heteroatoms. The first-order valence-corrected chi connectivity index (χ1v) is 8.26. The van der Waals surface area contributed by atoms with E-state index in [0.29, 0.717) is 5.92 Å². The molecule has 0 bridgehead atoms. The lowest BCUT2D eigenvalue weighted by Crippen LogP contribution is -2.48. The van der Waals surface area contributed by atoms with Crippen LogP contribution in [0.4, 0.5) is 4.79 Å². The zero-order chi connectivity index (χ0) is 17.4. The van der Waals surface area contributed by atoms with E-state index >= 15 is 0 Å². The lowest BCUT2D eigenvalue weighted by atomic mass is 9.94. The average Bonchev–Trinajstić information content (AvgIpc) is 2.53. The molecule has 0 saturated carbocycles. The second kappa shape index (κ2) is 9.30. The number of nitrogens with one attached hydrogen (secondary N) is 3. The topological polar surface area (TPSA) is 70.2 Å². The minimum Gasteiger partial charge on any atom is -0.341 e. The van der Waals surface area contributed by atoms with Gasteiger partial charge in [0.1, 0.15) is 0 Å². The standard InChI is InChI=1S/C18H29N3O2/c1-6-7-14-8-10-15(11-9-14)16(12(2)3)20-13(4)17(22)21-18(23)19-5/h8-13,16,20H,6-7H2,1-5H3,(H2,19,21,22,23)/t13-,16-/m1/s1. The zero-order valence-electron chi connectivity index (χ0n) is 14.8. The third-order valence-corrected chi connectivity index (χ3v) is 3.83. The molecule has 3 amide bonds. The Morgan fingerprint density at radius 1 is 1.09 bits per heavy atom. The summed E-state index contributed by atoms with van der Waals surface area (Å²) in [4.78, 5) is 23.3. The number of urea groups is 1. The van der Waals surface area contributed by atoms with Crippen molar-refractivity contribution in [2.75, 3.05) is 7.05 Å². The Bertz CT molecular complexity index is 512. The normalized spacial score (nSPS) is 13.5. The Kier molecular flexibility index (Phi) is 7.75. The fourth-order valence-electron chi connectivity index (χ4n) is 2.48. The minimum absolute atomic E-state index is 0.0520. The van der Waals surface area contributed by atoms with Crippen LogP contribution in [0.25, 0.3) is 0 Å². The van der Waals surface area contributed by atoms with Gasteiger partial charge < -0.3 is 5.32 Å². The van der Waals surface area contributed by atoms with Gasteiger partial charge in [-0.05, 0) is 30.4 Å².